The third-order valence-electron chi connectivity index (χ3n) is 7.65. The maximum Gasteiger partial charge on any atom is 0.0920 e. The minimum Gasteiger partial charge on any atom is -0.184 e. The van der Waals surface area contributed by atoms with Crippen LogP contribution in [0.15, 0.2) is 91.0 Å². The summed E-state index contributed by atoms with van der Waals surface area (Å²) in [5.74, 6) is 0.611. The average Bonchev–Trinajstić information content (AvgIpc) is 3.55. The molecule has 1 unspecified atom stereocenters. The first kappa shape index (κ1) is 31.1. The van der Waals surface area contributed by atoms with Gasteiger partial charge in [0.1, 0.15) is 0 Å². The van der Waals surface area contributed by atoms with Crippen molar-refractivity contribution < 1.29 is 20.8 Å². The van der Waals surface area contributed by atoms with Crippen LogP contribution in [0.5, 0.6) is 0 Å². The molecular formula is C36H36Cl2SiZr. The molecule has 0 spiro atoms. The van der Waals surface area contributed by atoms with E-state index in [0.29, 0.717) is 5.92 Å². The van der Waals surface area contributed by atoms with Gasteiger partial charge in [-0.25, -0.2) is 0 Å². The van der Waals surface area contributed by atoms with E-state index in [2.05, 4.69) is 133 Å². The zero-order chi connectivity index (χ0) is 28.9. The van der Waals surface area contributed by atoms with Crippen molar-refractivity contribution in [2.45, 2.75) is 59.3 Å². The maximum atomic E-state index is 4.93. The zero-order valence-electron chi connectivity index (χ0n) is 24.2. The van der Waals surface area contributed by atoms with Crippen molar-refractivity contribution in [1.29, 1.82) is 0 Å². The molecule has 0 fully saturated rings. The molecule has 1 heterocycles. The molecule has 0 aromatic heterocycles. The summed E-state index contributed by atoms with van der Waals surface area (Å²) < 4.78 is 0. The van der Waals surface area contributed by atoms with Crippen molar-refractivity contribution in [3.8, 4) is 22.3 Å². The summed E-state index contributed by atoms with van der Waals surface area (Å²) in [6.07, 6.45) is 1.18. The molecule has 0 saturated heterocycles. The van der Waals surface area contributed by atoms with Gasteiger partial charge in [-0.2, -0.15) is 35.5 Å². The Morgan fingerprint density at radius 3 is 2.23 bits per heavy atom. The van der Waals surface area contributed by atoms with Crippen LogP contribution >= 0.6 is 17.0 Å². The first-order valence-corrected chi connectivity index (χ1v) is 21.2. The molecule has 5 aromatic rings. The van der Waals surface area contributed by atoms with Crippen molar-refractivity contribution in [2.24, 2.45) is 0 Å². The largest absolute Gasteiger partial charge is 0.184 e. The normalized spacial score (nSPS) is 12.3. The second-order valence-electron chi connectivity index (χ2n) is 11.4. The summed E-state index contributed by atoms with van der Waals surface area (Å²) >= 11 is -0.826. The first-order chi connectivity index (χ1) is 19.2. The fourth-order valence-electron chi connectivity index (χ4n) is 5.32. The van der Waals surface area contributed by atoms with Gasteiger partial charge in [-0.1, -0.05) is 111 Å². The van der Waals surface area contributed by atoms with Crippen LogP contribution in [0, 0.1) is 13.0 Å². The fourth-order valence-corrected chi connectivity index (χ4v) is 6.63. The van der Waals surface area contributed by atoms with Gasteiger partial charge < -0.3 is 0 Å². The Balaban J connectivity index is 0.000000192. The third kappa shape index (κ3) is 6.96. The minimum absolute atomic E-state index is 0.125. The van der Waals surface area contributed by atoms with Gasteiger partial charge in [0.2, 0.25) is 0 Å². The molecule has 6 rings (SSSR count). The van der Waals surface area contributed by atoms with Gasteiger partial charge in [0, 0.05) is 0 Å². The smallest absolute Gasteiger partial charge is 0.0920 e. The van der Waals surface area contributed by atoms with Gasteiger partial charge >= 0.3 is 37.9 Å². The fraction of sp³-hybridized carbons (Fsp3) is 0.250. The molecule has 4 heteroatoms. The number of hydrogen-bond donors (Lipinski definition) is 0. The van der Waals surface area contributed by atoms with Crippen LogP contribution in [-0.4, -0.2) is 9.52 Å². The molecule has 202 valence electrons. The van der Waals surface area contributed by atoms with Crippen LogP contribution in [0.1, 0.15) is 63.6 Å². The van der Waals surface area contributed by atoms with E-state index in [1.54, 1.807) is 0 Å². The number of aryl methyl sites for hydroxylation is 1. The molecule has 2 radical (unpaired) electrons. The van der Waals surface area contributed by atoms with E-state index in [0.717, 1.165) is 9.52 Å². The molecule has 1 atom stereocenters. The Labute approximate surface area is 262 Å². The Kier molecular flexibility index (Phi) is 10.8. The van der Waals surface area contributed by atoms with Gasteiger partial charge in [-0.3, -0.25) is 0 Å². The first-order valence-electron chi connectivity index (χ1n) is 13.8. The van der Waals surface area contributed by atoms with E-state index in [-0.39, 0.29) is 5.41 Å². The summed E-state index contributed by atoms with van der Waals surface area (Å²) in [6.45, 7) is 13.8. The van der Waals surface area contributed by atoms with Gasteiger partial charge in [0.05, 0.1) is 9.52 Å². The quantitative estimate of drug-likeness (QED) is 0.131. The number of rotatable bonds is 3. The van der Waals surface area contributed by atoms with Crippen molar-refractivity contribution in [2.75, 3.05) is 0 Å². The third-order valence-corrected chi connectivity index (χ3v) is 9.02. The number of benzene rings is 4. The molecule has 0 bridgehead atoms. The zero-order valence-corrected chi connectivity index (χ0v) is 29.2. The van der Waals surface area contributed by atoms with Crippen molar-refractivity contribution in [1.82, 2.24) is 0 Å². The summed E-state index contributed by atoms with van der Waals surface area (Å²) in [6, 6.07) is 36.4. The van der Waals surface area contributed by atoms with E-state index in [9.17, 15) is 0 Å². The number of halogens is 2. The predicted molar refractivity (Wildman–Crippen MR) is 175 cm³/mol. The van der Waals surface area contributed by atoms with E-state index in [1.165, 1.54) is 66.5 Å². The van der Waals surface area contributed by atoms with Gasteiger partial charge in [0.25, 0.3) is 0 Å². The topological polar surface area (TPSA) is 0 Å². The van der Waals surface area contributed by atoms with Gasteiger partial charge in [-0.15, -0.1) is 40.1 Å². The summed E-state index contributed by atoms with van der Waals surface area (Å²) in [5, 5.41) is 5.60. The Hall–Kier alpha value is -1.83. The van der Waals surface area contributed by atoms with Crippen LogP contribution in [0.2, 0.25) is 0 Å². The van der Waals surface area contributed by atoms with Gasteiger partial charge in [-0.05, 0) is 29.4 Å². The van der Waals surface area contributed by atoms with Crippen LogP contribution in [-0.2, 0) is 26.3 Å². The predicted octanol–water partition coefficient (Wildman–Crippen LogP) is 9.84. The minimum atomic E-state index is -0.826. The van der Waals surface area contributed by atoms with E-state index in [4.69, 9.17) is 17.0 Å². The van der Waals surface area contributed by atoms with E-state index < -0.39 is 20.8 Å². The molecule has 0 nitrogen and oxygen atoms in total. The molecule has 5 aromatic carbocycles. The van der Waals surface area contributed by atoms with E-state index in [1.807, 2.05) is 6.07 Å². The van der Waals surface area contributed by atoms with Crippen molar-refractivity contribution in [3.63, 3.8) is 0 Å². The summed E-state index contributed by atoms with van der Waals surface area (Å²) in [4.78, 5) is 0. The van der Waals surface area contributed by atoms with Gasteiger partial charge in [0.15, 0.2) is 0 Å². The molecule has 40 heavy (non-hydrogen) atoms. The molecule has 1 aliphatic heterocycles. The molecular weight excluding hydrogens is 623 g/mol. The molecule has 1 aliphatic rings. The van der Waals surface area contributed by atoms with Crippen LogP contribution in [0.4, 0.5) is 0 Å². The van der Waals surface area contributed by atoms with Crippen LogP contribution in [0.25, 0.3) is 33.0 Å². The second kappa shape index (κ2) is 13.9. The maximum absolute atomic E-state index is 4.93. The summed E-state index contributed by atoms with van der Waals surface area (Å²) in [7, 11) is 10.7. The second-order valence-corrected chi connectivity index (χ2v) is 16.4. The molecule has 0 aliphatic carbocycles. The Bertz CT molecular complexity index is 1530. The van der Waals surface area contributed by atoms with Crippen LogP contribution in [0.3, 0.4) is 0 Å². The van der Waals surface area contributed by atoms with Crippen LogP contribution < -0.4 is 10.4 Å². The standard InChI is InChI=1S/C24H29.C12H7Si.2ClH.Zr/c1-7-16(2)19-14-18-12-13-22(24(4,5)6)23(21(18)15-19)20-11-9-8-10-17(20)3;1-3-7-11-9(5-1)10-6-2-4-8-12(10)13-11;;;/h8-16H,7H2,1-6H3;1-7H;2*1H;/q2*-1;;;+4/p-2. The molecule has 0 amide bonds. The van der Waals surface area contributed by atoms with Crippen molar-refractivity contribution in [3.05, 3.63) is 114 Å². The molecule has 0 N–H and O–H groups in total. The average molecular weight is 659 g/mol. The Morgan fingerprint density at radius 2 is 1.55 bits per heavy atom. The SMILES string of the molecule is CCC(C)c1cc2c(-c3ccccc3C)c(C(C)(C)C)ccc2[cH-]1.[Cl][Zr+2][Cl].[c-]1cccc2c1[Si]c1ccccc1-2. The summed E-state index contributed by atoms with van der Waals surface area (Å²) in [5.41, 5.74) is 9.94. The monoisotopic (exact) mass is 656 g/mol. The number of hydrogen-bond acceptors (Lipinski definition) is 0. The van der Waals surface area contributed by atoms with E-state index >= 15 is 0 Å². The molecule has 0 saturated carbocycles. The number of fused-ring (bicyclic) bond motifs is 4. The van der Waals surface area contributed by atoms with Crippen molar-refractivity contribution >= 4 is 47.7 Å². The Morgan fingerprint density at radius 1 is 0.900 bits per heavy atom.